The molecule has 1 saturated heterocycles. The molecule has 11 heteroatoms. The van der Waals surface area contributed by atoms with Gasteiger partial charge < -0.3 is 5.32 Å². The van der Waals surface area contributed by atoms with Crippen LogP contribution >= 0.6 is 31.9 Å². The van der Waals surface area contributed by atoms with Gasteiger partial charge in [-0.25, -0.2) is 13.2 Å². The van der Waals surface area contributed by atoms with Crippen LogP contribution in [0.5, 0.6) is 0 Å². The molecule has 2 fully saturated rings. The third-order valence-corrected chi connectivity index (χ3v) is 9.27. The van der Waals surface area contributed by atoms with Crippen molar-refractivity contribution in [2.45, 2.75) is 56.0 Å². The Bertz CT molecular complexity index is 914. The highest BCUT2D eigenvalue weighted by Crippen LogP contribution is 2.29. The predicted octanol–water partition coefficient (Wildman–Crippen LogP) is 3.06. The summed E-state index contributed by atoms with van der Waals surface area (Å²) in [7, 11) is -3.65. The minimum absolute atomic E-state index is 0.128. The number of nitrogens with zero attached hydrogens (tertiary/aromatic N) is 2. The number of piperazine rings is 1. The maximum atomic E-state index is 13.0. The summed E-state index contributed by atoms with van der Waals surface area (Å²) in [6.07, 6.45) is 5.28. The molecule has 1 saturated carbocycles. The van der Waals surface area contributed by atoms with Crippen LogP contribution in [0.3, 0.4) is 0 Å². The molecule has 0 radical (unpaired) electrons. The van der Waals surface area contributed by atoms with Gasteiger partial charge in [0.25, 0.3) is 0 Å². The van der Waals surface area contributed by atoms with Gasteiger partial charge in [-0.2, -0.15) is 4.31 Å². The van der Waals surface area contributed by atoms with Crippen molar-refractivity contribution in [1.29, 1.82) is 0 Å². The zero-order valence-electron chi connectivity index (χ0n) is 17.4. The van der Waals surface area contributed by atoms with Crippen LogP contribution in [0.25, 0.3) is 0 Å². The largest absolute Gasteiger partial charge is 0.335 e. The summed E-state index contributed by atoms with van der Waals surface area (Å²) in [6, 6.07) is 4.18. The molecule has 3 amide bonds. The standard InChI is InChI=1S/C20H28Br2N4O4S/c1-14(19(27)24-20(28)23-16-5-3-2-4-6-16)25-9-11-26(12-10-25)31(29,30)18-13-15(21)7-8-17(18)22/h7-8,13-14,16H,2-6,9-12H2,1H3,(H2,23,24,27,28). The number of amides is 3. The number of sulfonamides is 1. The Morgan fingerprint density at radius 2 is 1.71 bits per heavy atom. The Kier molecular flexibility index (Phi) is 8.53. The van der Waals surface area contributed by atoms with Crippen molar-refractivity contribution in [3.63, 3.8) is 0 Å². The second-order valence-electron chi connectivity index (χ2n) is 7.99. The summed E-state index contributed by atoms with van der Waals surface area (Å²) in [4.78, 5) is 26.8. The Morgan fingerprint density at radius 3 is 2.35 bits per heavy atom. The van der Waals surface area contributed by atoms with E-state index in [1.807, 2.05) is 4.90 Å². The minimum atomic E-state index is -3.65. The highest BCUT2D eigenvalue weighted by molar-refractivity contribution is 9.11. The van der Waals surface area contributed by atoms with Gasteiger partial charge in [0.15, 0.2) is 0 Å². The monoisotopic (exact) mass is 578 g/mol. The average Bonchev–Trinajstić information content (AvgIpc) is 2.75. The van der Waals surface area contributed by atoms with E-state index in [4.69, 9.17) is 0 Å². The summed E-state index contributed by atoms with van der Waals surface area (Å²) in [5.41, 5.74) is 0. The molecule has 1 aliphatic carbocycles. The van der Waals surface area contributed by atoms with Crippen molar-refractivity contribution in [3.05, 3.63) is 27.1 Å². The van der Waals surface area contributed by atoms with Crippen molar-refractivity contribution in [2.24, 2.45) is 0 Å². The molecule has 8 nitrogen and oxygen atoms in total. The molecule has 0 spiro atoms. The molecule has 1 aromatic carbocycles. The third kappa shape index (κ3) is 6.28. The maximum Gasteiger partial charge on any atom is 0.321 e. The number of halogens is 2. The Labute approximate surface area is 200 Å². The fraction of sp³-hybridized carbons (Fsp3) is 0.600. The molecular weight excluding hydrogens is 552 g/mol. The van der Waals surface area contributed by atoms with Crippen molar-refractivity contribution >= 4 is 53.8 Å². The number of rotatable bonds is 5. The zero-order valence-corrected chi connectivity index (χ0v) is 21.4. The fourth-order valence-electron chi connectivity index (χ4n) is 4.00. The number of urea groups is 1. The Balaban J connectivity index is 1.53. The van der Waals surface area contributed by atoms with Gasteiger partial charge in [0, 0.05) is 41.2 Å². The summed E-state index contributed by atoms with van der Waals surface area (Å²) in [5.74, 6) is -0.376. The van der Waals surface area contributed by atoms with Crippen molar-refractivity contribution in [2.75, 3.05) is 26.2 Å². The molecule has 172 valence electrons. The molecule has 2 aliphatic rings. The molecule has 3 rings (SSSR count). The van der Waals surface area contributed by atoms with Gasteiger partial charge in [-0.05, 0) is 53.9 Å². The highest BCUT2D eigenvalue weighted by atomic mass is 79.9. The van der Waals surface area contributed by atoms with Gasteiger partial charge in [0.2, 0.25) is 15.9 Å². The van der Waals surface area contributed by atoms with Gasteiger partial charge in [0.1, 0.15) is 0 Å². The van der Waals surface area contributed by atoms with Crippen molar-refractivity contribution in [1.82, 2.24) is 19.8 Å². The molecule has 1 aliphatic heterocycles. The second-order valence-corrected chi connectivity index (χ2v) is 11.7. The smallest absolute Gasteiger partial charge is 0.321 e. The summed E-state index contributed by atoms with van der Waals surface area (Å²) in [6.45, 7) is 3.09. The Hall–Kier alpha value is -1.01. The van der Waals surface area contributed by atoms with E-state index in [1.54, 1.807) is 25.1 Å². The first-order valence-corrected chi connectivity index (χ1v) is 13.5. The second kappa shape index (κ2) is 10.7. The minimum Gasteiger partial charge on any atom is -0.335 e. The summed E-state index contributed by atoms with van der Waals surface area (Å²) >= 11 is 6.64. The third-order valence-electron chi connectivity index (χ3n) is 5.89. The van der Waals surface area contributed by atoms with E-state index >= 15 is 0 Å². The lowest BCUT2D eigenvalue weighted by Gasteiger charge is -2.36. The highest BCUT2D eigenvalue weighted by Gasteiger charge is 2.33. The molecule has 1 atom stereocenters. The lowest BCUT2D eigenvalue weighted by Crippen LogP contribution is -2.56. The van der Waals surface area contributed by atoms with Gasteiger partial charge in [-0.3, -0.25) is 15.0 Å². The lowest BCUT2D eigenvalue weighted by atomic mass is 9.96. The van der Waals surface area contributed by atoms with Crippen LogP contribution < -0.4 is 10.6 Å². The number of carbonyl (C=O) groups excluding carboxylic acids is 2. The van der Waals surface area contributed by atoms with Gasteiger partial charge in [0.05, 0.1) is 10.9 Å². The lowest BCUT2D eigenvalue weighted by molar-refractivity contribution is -0.125. The van der Waals surface area contributed by atoms with Crippen molar-refractivity contribution in [3.8, 4) is 0 Å². The summed E-state index contributed by atoms with van der Waals surface area (Å²) in [5, 5.41) is 5.31. The van der Waals surface area contributed by atoms with Gasteiger partial charge >= 0.3 is 6.03 Å². The molecule has 0 bridgehead atoms. The molecule has 1 heterocycles. The Morgan fingerprint density at radius 1 is 1.06 bits per heavy atom. The van der Waals surface area contributed by atoms with E-state index in [1.165, 1.54) is 10.7 Å². The van der Waals surface area contributed by atoms with Crippen LogP contribution in [0.15, 0.2) is 32.0 Å². The number of carbonyl (C=O) groups is 2. The molecule has 31 heavy (non-hydrogen) atoms. The maximum absolute atomic E-state index is 13.0. The quantitative estimate of drug-likeness (QED) is 0.558. The molecule has 2 N–H and O–H groups in total. The molecule has 0 aromatic heterocycles. The van der Waals surface area contributed by atoms with E-state index in [0.29, 0.717) is 22.0 Å². The first kappa shape index (κ1) is 24.6. The van der Waals surface area contributed by atoms with E-state index in [0.717, 1.165) is 25.7 Å². The first-order chi connectivity index (χ1) is 14.7. The van der Waals surface area contributed by atoms with Crippen LogP contribution in [0.1, 0.15) is 39.0 Å². The molecule has 1 aromatic rings. The van der Waals surface area contributed by atoms with E-state index in [9.17, 15) is 18.0 Å². The van der Waals surface area contributed by atoms with E-state index < -0.39 is 22.1 Å². The topological polar surface area (TPSA) is 98.8 Å². The average molecular weight is 580 g/mol. The van der Waals surface area contributed by atoms with Crippen LogP contribution in [0.2, 0.25) is 0 Å². The SMILES string of the molecule is CC(C(=O)NC(=O)NC1CCCCC1)N1CCN(S(=O)(=O)c2cc(Br)ccc2Br)CC1. The number of hydrogen-bond acceptors (Lipinski definition) is 5. The summed E-state index contributed by atoms with van der Waals surface area (Å²) < 4.78 is 28.7. The van der Waals surface area contributed by atoms with Crippen LogP contribution in [0, 0.1) is 0 Å². The van der Waals surface area contributed by atoms with Crippen molar-refractivity contribution < 1.29 is 18.0 Å². The van der Waals surface area contributed by atoms with Crippen LogP contribution in [-0.4, -0.2) is 67.8 Å². The van der Waals surface area contributed by atoms with E-state index in [2.05, 4.69) is 42.5 Å². The fourth-order valence-corrected chi connectivity index (χ4v) is 6.88. The number of imide groups is 1. The van der Waals surface area contributed by atoms with Crippen LogP contribution in [0.4, 0.5) is 4.79 Å². The predicted molar refractivity (Wildman–Crippen MR) is 125 cm³/mol. The zero-order chi connectivity index (χ0) is 22.6. The number of nitrogens with one attached hydrogen (secondary N) is 2. The van der Waals surface area contributed by atoms with Crippen LogP contribution in [-0.2, 0) is 14.8 Å². The normalized spacial score (nSPS) is 20.2. The molecule has 1 unspecified atom stereocenters. The molecular formula is C20H28Br2N4O4S. The first-order valence-electron chi connectivity index (χ1n) is 10.5. The van der Waals surface area contributed by atoms with E-state index in [-0.39, 0.29) is 29.9 Å². The number of hydrogen-bond donors (Lipinski definition) is 2. The van der Waals surface area contributed by atoms with Gasteiger partial charge in [-0.15, -0.1) is 0 Å². The van der Waals surface area contributed by atoms with Gasteiger partial charge in [-0.1, -0.05) is 35.2 Å². The number of benzene rings is 1.